The zero-order valence-corrected chi connectivity index (χ0v) is 15.6. The van der Waals surface area contributed by atoms with Crippen molar-refractivity contribution < 1.29 is 33.0 Å². The maximum atomic E-state index is 12.2. The van der Waals surface area contributed by atoms with Crippen LogP contribution in [0.15, 0.2) is 41.0 Å². The number of benzene rings is 1. The number of nitrogens with one attached hydrogen (secondary N) is 1. The Hall–Kier alpha value is -3.49. The van der Waals surface area contributed by atoms with Gasteiger partial charge in [0.15, 0.2) is 18.1 Å². The van der Waals surface area contributed by atoms with E-state index in [9.17, 15) is 14.4 Å². The topological polar surface area (TPSA) is 107 Å². The lowest BCUT2D eigenvalue weighted by molar-refractivity contribution is -0.152. The first-order chi connectivity index (χ1) is 14.1. The van der Waals surface area contributed by atoms with E-state index in [1.165, 1.54) is 6.26 Å². The summed E-state index contributed by atoms with van der Waals surface area (Å²) in [4.78, 5) is 37.8. The van der Waals surface area contributed by atoms with Crippen LogP contribution < -0.4 is 14.8 Å². The number of rotatable bonds is 7. The average Bonchev–Trinajstić information content (AvgIpc) is 3.46. The van der Waals surface area contributed by atoms with Crippen LogP contribution in [0.1, 0.15) is 17.7 Å². The molecule has 2 aromatic rings. The molecule has 1 N–H and O–H groups in total. The molecule has 3 heterocycles. The molecule has 152 valence electrons. The summed E-state index contributed by atoms with van der Waals surface area (Å²) in [5, 5.41) is 2.68. The van der Waals surface area contributed by atoms with Crippen molar-refractivity contribution in [2.24, 2.45) is 5.92 Å². The van der Waals surface area contributed by atoms with Gasteiger partial charge in [-0.25, -0.2) is 0 Å². The summed E-state index contributed by atoms with van der Waals surface area (Å²) in [7, 11) is 0. The van der Waals surface area contributed by atoms with Crippen molar-refractivity contribution in [3.8, 4) is 11.5 Å². The van der Waals surface area contributed by atoms with Crippen molar-refractivity contribution in [1.29, 1.82) is 0 Å². The minimum Gasteiger partial charge on any atom is -0.467 e. The predicted octanol–water partition coefficient (Wildman–Crippen LogP) is 1.22. The molecule has 0 saturated carbocycles. The highest BCUT2D eigenvalue weighted by Crippen LogP contribution is 2.32. The Morgan fingerprint density at radius 2 is 2.07 bits per heavy atom. The van der Waals surface area contributed by atoms with E-state index in [4.69, 9.17) is 18.6 Å². The number of carbonyl (C=O) groups excluding carboxylic acids is 3. The smallest absolute Gasteiger partial charge is 0.311 e. The maximum absolute atomic E-state index is 12.2. The number of nitrogens with zero attached hydrogens (tertiary/aromatic N) is 1. The third-order valence-corrected chi connectivity index (χ3v) is 4.75. The molecule has 0 radical (unpaired) electrons. The van der Waals surface area contributed by atoms with Gasteiger partial charge in [-0.2, -0.15) is 0 Å². The lowest BCUT2D eigenvalue weighted by atomic mass is 10.1. The first-order valence-electron chi connectivity index (χ1n) is 9.20. The molecule has 0 spiro atoms. The molecule has 1 saturated heterocycles. The van der Waals surface area contributed by atoms with Gasteiger partial charge >= 0.3 is 5.97 Å². The van der Waals surface area contributed by atoms with Gasteiger partial charge in [0, 0.05) is 19.5 Å². The number of hydrogen-bond acceptors (Lipinski definition) is 7. The van der Waals surface area contributed by atoms with Gasteiger partial charge in [-0.15, -0.1) is 0 Å². The molecule has 9 nitrogen and oxygen atoms in total. The molecular formula is C20H20N2O7. The number of furan rings is 1. The molecule has 0 aliphatic carbocycles. The fraction of sp³-hybridized carbons (Fsp3) is 0.350. The quantitative estimate of drug-likeness (QED) is 0.696. The maximum Gasteiger partial charge on any atom is 0.311 e. The zero-order valence-electron chi connectivity index (χ0n) is 15.6. The van der Waals surface area contributed by atoms with Gasteiger partial charge in [-0.05, 0) is 29.8 Å². The Balaban J connectivity index is 1.20. The first kappa shape index (κ1) is 18.9. The first-order valence-corrected chi connectivity index (χ1v) is 9.20. The van der Waals surface area contributed by atoms with Gasteiger partial charge in [0.2, 0.25) is 12.7 Å². The van der Waals surface area contributed by atoms with Gasteiger partial charge < -0.3 is 28.8 Å². The average molecular weight is 400 g/mol. The Morgan fingerprint density at radius 1 is 1.21 bits per heavy atom. The van der Waals surface area contributed by atoms with Crippen molar-refractivity contribution in [1.82, 2.24) is 10.2 Å². The summed E-state index contributed by atoms with van der Waals surface area (Å²) in [5.41, 5.74) is 0.837. The number of likely N-dealkylation sites (tertiary alicyclic amines) is 1. The van der Waals surface area contributed by atoms with E-state index in [-0.39, 0.29) is 32.2 Å². The lowest BCUT2D eigenvalue weighted by Gasteiger charge is -2.14. The number of carbonyl (C=O) groups is 3. The summed E-state index contributed by atoms with van der Waals surface area (Å²) in [6.07, 6.45) is 1.60. The molecule has 1 aromatic heterocycles. The predicted molar refractivity (Wildman–Crippen MR) is 97.6 cm³/mol. The van der Waals surface area contributed by atoms with Crippen LogP contribution >= 0.6 is 0 Å². The highest BCUT2D eigenvalue weighted by atomic mass is 16.7. The molecule has 0 unspecified atom stereocenters. The fourth-order valence-corrected chi connectivity index (χ4v) is 3.23. The monoisotopic (exact) mass is 400 g/mol. The SMILES string of the molecule is O=C(COC(=O)[C@@H]1CC(=O)N(Cc2ccco2)C1)NCc1ccc2c(c1)OCO2. The Bertz CT molecular complexity index is 910. The van der Waals surface area contributed by atoms with Crippen molar-refractivity contribution in [3.63, 3.8) is 0 Å². The standard InChI is InChI=1S/C20H20N2O7/c23-18(21-8-13-3-4-16-17(6-13)29-12-28-16)11-27-20(25)14-7-19(24)22(9-14)10-15-2-1-5-26-15/h1-6,14H,7-12H2,(H,21,23)/t14-/m1/s1. The van der Waals surface area contributed by atoms with E-state index in [1.54, 1.807) is 29.2 Å². The summed E-state index contributed by atoms with van der Waals surface area (Å²) in [6.45, 7) is 0.616. The Morgan fingerprint density at radius 3 is 2.90 bits per heavy atom. The molecule has 2 amide bonds. The van der Waals surface area contributed by atoms with E-state index >= 15 is 0 Å². The second-order valence-corrected chi connectivity index (χ2v) is 6.83. The Kier molecular flexibility index (Phi) is 5.37. The number of fused-ring (bicyclic) bond motifs is 1. The van der Waals surface area contributed by atoms with E-state index in [0.717, 1.165) is 5.56 Å². The molecule has 1 aromatic carbocycles. The van der Waals surface area contributed by atoms with Gasteiger partial charge in [0.1, 0.15) is 5.76 Å². The Labute approximate surface area is 166 Å². The molecule has 1 fully saturated rings. The lowest BCUT2D eigenvalue weighted by Crippen LogP contribution is -2.31. The van der Waals surface area contributed by atoms with E-state index in [2.05, 4.69) is 5.32 Å². The summed E-state index contributed by atoms with van der Waals surface area (Å²) < 4.78 is 20.8. The van der Waals surface area contributed by atoms with Crippen LogP contribution in [-0.2, 0) is 32.2 Å². The second-order valence-electron chi connectivity index (χ2n) is 6.83. The molecule has 2 aliphatic heterocycles. The number of hydrogen-bond donors (Lipinski definition) is 1. The largest absolute Gasteiger partial charge is 0.467 e. The second kappa shape index (κ2) is 8.26. The molecule has 9 heteroatoms. The van der Waals surface area contributed by atoms with Gasteiger partial charge in [0.05, 0.1) is 18.7 Å². The molecule has 2 aliphatic rings. The highest BCUT2D eigenvalue weighted by Gasteiger charge is 2.35. The van der Waals surface area contributed by atoms with Crippen LogP contribution in [0.3, 0.4) is 0 Å². The molecular weight excluding hydrogens is 380 g/mol. The third kappa shape index (κ3) is 4.50. The van der Waals surface area contributed by atoms with Crippen molar-refractivity contribution >= 4 is 17.8 Å². The van der Waals surface area contributed by atoms with Crippen molar-refractivity contribution in [2.45, 2.75) is 19.5 Å². The third-order valence-electron chi connectivity index (χ3n) is 4.75. The van der Waals surface area contributed by atoms with E-state index in [0.29, 0.717) is 23.8 Å². The van der Waals surface area contributed by atoms with Crippen LogP contribution in [0.5, 0.6) is 11.5 Å². The number of amides is 2. The van der Waals surface area contributed by atoms with Gasteiger partial charge in [-0.3, -0.25) is 14.4 Å². The number of ether oxygens (including phenoxy) is 3. The van der Waals surface area contributed by atoms with E-state index in [1.807, 2.05) is 6.07 Å². The van der Waals surface area contributed by atoms with E-state index < -0.39 is 24.4 Å². The van der Waals surface area contributed by atoms with Crippen molar-refractivity contribution in [2.75, 3.05) is 19.9 Å². The minimum absolute atomic E-state index is 0.0678. The normalized spacial score (nSPS) is 17.4. The van der Waals surface area contributed by atoms with Crippen LogP contribution in [0.4, 0.5) is 0 Å². The number of esters is 1. The summed E-state index contributed by atoms with van der Waals surface area (Å²) in [5.74, 6) is 0.241. The van der Waals surface area contributed by atoms with Crippen LogP contribution in [0.2, 0.25) is 0 Å². The highest BCUT2D eigenvalue weighted by molar-refractivity contribution is 5.88. The summed E-state index contributed by atoms with van der Waals surface area (Å²) in [6, 6.07) is 8.88. The molecule has 1 atom stereocenters. The van der Waals surface area contributed by atoms with Crippen LogP contribution in [0.25, 0.3) is 0 Å². The minimum atomic E-state index is -0.584. The zero-order chi connectivity index (χ0) is 20.2. The summed E-state index contributed by atoms with van der Waals surface area (Å²) >= 11 is 0. The molecule has 4 rings (SSSR count). The van der Waals surface area contributed by atoms with Crippen molar-refractivity contribution in [3.05, 3.63) is 47.9 Å². The van der Waals surface area contributed by atoms with Gasteiger partial charge in [-0.1, -0.05) is 6.07 Å². The fourth-order valence-electron chi connectivity index (χ4n) is 3.23. The van der Waals surface area contributed by atoms with Crippen LogP contribution in [-0.4, -0.2) is 42.6 Å². The van der Waals surface area contributed by atoms with Gasteiger partial charge in [0.25, 0.3) is 5.91 Å². The molecule has 29 heavy (non-hydrogen) atoms. The molecule has 0 bridgehead atoms. The van der Waals surface area contributed by atoms with Crippen LogP contribution in [0, 0.1) is 5.92 Å².